The number of likely N-dealkylation sites (tertiary alicyclic amines) is 1. The van der Waals surface area contributed by atoms with E-state index in [1.165, 1.54) is 31.4 Å². The molecule has 3 rings (SSSR count). The lowest BCUT2D eigenvalue weighted by molar-refractivity contribution is 0.0946. The monoisotopic (exact) mass is 320 g/mol. The van der Waals surface area contributed by atoms with Crippen molar-refractivity contribution in [2.45, 2.75) is 24.2 Å². The SMILES string of the molecule is O=C(NCCN1CCCCC1)c1cccc2c1C=CS2(=O)=O. The van der Waals surface area contributed by atoms with E-state index in [0.29, 0.717) is 17.7 Å². The summed E-state index contributed by atoms with van der Waals surface area (Å²) in [6, 6.07) is 4.82. The average Bonchev–Trinajstić information content (AvgIpc) is 2.84. The lowest BCUT2D eigenvalue weighted by atomic mass is 10.1. The molecule has 2 aliphatic rings. The zero-order valence-electron chi connectivity index (χ0n) is 12.4. The van der Waals surface area contributed by atoms with Gasteiger partial charge in [-0.25, -0.2) is 8.42 Å². The molecule has 1 saturated heterocycles. The number of hydrogen-bond acceptors (Lipinski definition) is 4. The van der Waals surface area contributed by atoms with Crippen LogP contribution in [0.4, 0.5) is 0 Å². The smallest absolute Gasteiger partial charge is 0.251 e. The van der Waals surface area contributed by atoms with Crippen LogP contribution < -0.4 is 5.32 Å². The van der Waals surface area contributed by atoms with Gasteiger partial charge in [0.1, 0.15) is 0 Å². The molecule has 5 nitrogen and oxygen atoms in total. The summed E-state index contributed by atoms with van der Waals surface area (Å²) in [6.45, 7) is 3.61. The fraction of sp³-hybridized carbons (Fsp3) is 0.438. The topological polar surface area (TPSA) is 66.5 Å². The first-order valence-corrected chi connectivity index (χ1v) is 9.19. The number of piperidine rings is 1. The van der Waals surface area contributed by atoms with Crippen LogP contribution in [-0.4, -0.2) is 45.4 Å². The Morgan fingerprint density at radius 3 is 2.73 bits per heavy atom. The van der Waals surface area contributed by atoms with Crippen molar-refractivity contribution >= 4 is 21.8 Å². The maximum atomic E-state index is 12.3. The molecule has 0 atom stereocenters. The highest BCUT2D eigenvalue weighted by molar-refractivity contribution is 7.94. The maximum absolute atomic E-state index is 12.3. The Morgan fingerprint density at radius 1 is 1.18 bits per heavy atom. The van der Waals surface area contributed by atoms with Crippen LogP contribution in [0.15, 0.2) is 28.5 Å². The minimum absolute atomic E-state index is 0.212. The first-order valence-electron chi connectivity index (χ1n) is 7.65. The predicted molar refractivity (Wildman–Crippen MR) is 85.3 cm³/mol. The fourth-order valence-electron chi connectivity index (χ4n) is 3.00. The number of hydrogen-bond donors (Lipinski definition) is 1. The van der Waals surface area contributed by atoms with Crippen molar-refractivity contribution in [3.8, 4) is 0 Å². The van der Waals surface area contributed by atoms with Crippen LogP contribution in [0.1, 0.15) is 35.2 Å². The molecule has 22 heavy (non-hydrogen) atoms. The molecule has 0 saturated carbocycles. The van der Waals surface area contributed by atoms with Crippen LogP contribution in [0.2, 0.25) is 0 Å². The highest BCUT2D eigenvalue weighted by atomic mass is 32.2. The second-order valence-corrected chi connectivity index (χ2v) is 7.53. The van der Waals surface area contributed by atoms with Crippen LogP contribution in [0.25, 0.3) is 6.08 Å². The van der Waals surface area contributed by atoms with Gasteiger partial charge in [-0.05, 0) is 44.1 Å². The van der Waals surface area contributed by atoms with E-state index in [1.807, 2.05) is 0 Å². The molecule has 1 aromatic rings. The summed E-state index contributed by atoms with van der Waals surface area (Å²) in [7, 11) is -3.37. The van der Waals surface area contributed by atoms with Crippen molar-refractivity contribution in [2.24, 2.45) is 0 Å². The van der Waals surface area contributed by atoms with Gasteiger partial charge in [-0.3, -0.25) is 4.79 Å². The van der Waals surface area contributed by atoms with Gasteiger partial charge >= 0.3 is 0 Å². The Balaban J connectivity index is 1.64. The number of nitrogens with one attached hydrogen (secondary N) is 1. The highest BCUT2D eigenvalue weighted by Crippen LogP contribution is 2.29. The minimum atomic E-state index is -3.37. The largest absolute Gasteiger partial charge is 0.351 e. The summed E-state index contributed by atoms with van der Waals surface area (Å²) in [5.41, 5.74) is 0.923. The van der Waals surface area contributed by atoms with Crippen LogP contribution in [0.5, 0.6) is 0 Å². The van der Waals surface area contributed by atoms with Gasteiger partial charge in [0.15, 0.2) is 9.84 Å². The van der Waals surface area contributed by atoms with Crippen molar-refractivity contribution in [2.75, 3.05) is 26.2 Å². The number of benzene rings is 1. The lowest BCUT2D eigenvalue weighted by Crippen LogP contribution is -2.37. The molecule has 0 aliphatic carbocycles. The standard InChI is InChI=1S/C16H20N2O3S/c19-16(17-8-11-18-9-2-1-3-10-18)14-5-4-6-15-13(14)7-12-22(15,20)21/h4-7,12H,1-3,8-11H2,(H,17,19). The third-order valence-electron chi connectivity index (χ3n) is 4.19. The minimum Gasteiger partial charge on any atom is -0.351 e. The van der Waals surface area contributed by atoms with E-state index in [0.717, 1.165) is 25.0 Å². The summed E-state index contributed by atoms with van der Waals surface area (Å²) in [5.74, 6) is -0.212. The first-order chi connectivity index (χ1) is 10.6. The summed E-state index contributed by atoms with van der Waals surface area (Å²) in [4.78, 5) is 14.9. The number of amides is 1. The molecule has 6 heteroatoms. The lowest BCUT2D eigenvalue weighted by Gasteiger charge is -2.26. The predicted octanol–water partition coefficient (Wildman–Crippen LogP) is 1.66. The number of rotatable bonds is 4. The molecule has 1 N–H and O–H groups in total. The van der Waals surface area contributed by atoms with Gasteiger partial charge in [-0.2, -0.15) is 0 Å². The van der Waals surface area contributed by atoms with Gasteiger partial charge in [-0.15, -0.1) is 0 Å². The molecule has 0 spiro atoms. The Labute approximate surface area is 130 Å². The Morgan fingerprint density at radius 2 is 1.95 bits per heavy atom. The van der Waals surface area contributed by atoms with Gasteiger partial charge in [0.25, 0.3) is 5.91 Å². The van der Waals surface area contributed by atoms with Crippen molar-refractivity contribution in [1.82, 2.24) is 10.2 Å². The molecule has 1 aromatic carbocycles. The van der Waals surface area contributed by atoms with Gasteiger partial charge < -0.3 is 10.2 Å². The Kier molecular flexibility index (Phi) is 4.31. The van der Waals surface area contributed by atoms with Crippen LogP contribution >= 0.6 is 0 Å². The summed E-state index contributed by atoms with van der Waals surface area (Å²) in [5, 5.41) is 4.05. The van der Waals surface area contributed by atoms with E-state index in [9.17, 15) is 13.2 Å². The van der Waals surface area contributed by atoms with Crippen molar-refractivity contribution in [1.29, 1.82) is 0 Å². The maximum Gasteiger partial charge on any atom is 0.251 e. The first kappa shape index (κ1) is 15.2. The van der Waals surface area contributed by atoms with Crippen LogP contribution in [-0.2, 0) is 9.84 Å². The van der Waals surface area contributed by atoms with E-state index < -0.39 is 9.84 Å². The normalized spacial score (nSPS) is 19.8. The molecule has 2 heterocycles. The van der Waals surface area contributed by atoms with E-state index in [2.05, 4.69) is 10.2 Å². The second kappa shape index (κ2) is 6.22. The molecular formula is C16H20N2O3S. The third kappa shape index (κ3) is 3.08. The Bertz CT molecular complexity index is 704. The zero-order chi connectivity index (χ0) is 15.6. The average molecular weight is 320 g/mol. The van der Waals surface area contributed by atoms with Gasteiger partial charge in [0.05, 0.1) is 4.90 Å². The van der Waals surface area contributed by atoms with Crippen molar-refractivity contribution < 1.29 is 13.2 Å². The van der Waals surface area contributed by atoms with Crippen molar-refractivity contribution in [3.63, 3.8) is 0 Å². The number of sulfone groups is 1. The van der Waals surface area contributed by atoms with Gasteiger partial charge in [0, 0.05) is 29.6 Å². The number of carbonyl (C=O) groups is 1. The van der Waals surface area contributed by atoms with Crippen LogP contribution in [0.3, 0.4) is 0 Å². The van der Waals surface area contributed by atoms with E-state index >= 15 is 0 Å². The third-order valence-corrected chi connectivity index (χ3v) is 5.66. The summed E-state index contributed by atoms with van der Waals surface area (Å²) >= 11 is 0. The molecule has 0 aromatic heterocycles. The van der Waals surface area contributed by atoms with Crippen molar-refractivity contribution in [3.05, 3.63) is 34.7 Å². The molecule has 1 fully saturated rings. The quantitative estimate of drug-likeness (QED) is 0.916. The van der Waals surface area contributed by atoms with Crippen LogP contribution in [0, 0.1) is 0 Å². The zero-order valence-corrected chi connectivity index (χ0v) is 13.2. The van der Waals surface area contributed by atoms with Gasteiger partial charge in [-0.1, -0.05) is 12.5 Å². The molecule has 0 bridgehead atoms. The van der Waals surface area contributed by atoms with Gasteiger partial charge in [0.2, 0.25) is 0 Å². The molecule has 1 amide bonds. The number of carbonyl (C=O) groups excluding carboxylic acids is 1. The summed E-state index contributed by atoms with van der Waals surface area (Å²) in [6.07, 6.45) is 5.25. The molecule has 2 aliphatic heterocycles. The fourth-order valence-corrected chi connectivity index (χ4v) is 4.21. The second-order valence-electron chi connectivity index (χ2n) is 5.72. The molecule has 118 valence electrons. The van der Waals surface area contributed by atoms with E-state index in [4.69, 9.17) is 0 Å². The molecular weight excluding hydrogens is 300 g/mol. The number of nitrogens with zero attached hydrogens (tertiary/aromatic N) is 1. The Hall–Kier alpha value is -1.66. The summed E-state index contributed by atoms with van der Waals surface area (Å²) < 4.78 is 23.6. The number of fused-ring (bicyclic) bond motifs is 1. The molecule has 0 unspecified atom stereocenters. The van der Waals surface area contributed by atoms with E-state index in [-0.39, 0.29) is 10.8 Å². The van der Waals surface area contributed by atoms with E-state index in [1.54, 1.807) is 12.1 Å². The molecule has 0 radical (unpaired) electrons. The highest BCUT2D eigenvalue weighted by Gasteiger charge is 2.24.